The van der Waals surface area contributed by atoms with E-state index in [1.165, 1.54) is 29.7 Å². The van der Waals surface area contributed by atoms with E-state index < -0.39 is 0 Å². The Hall–Kier alpha value is -0.980. The fourth-order valence-electron chi connectivity index (χ4n) is 2.03. The van der Waals surface area contributed by atoms with Crippen LogP contribution in [0.2, 0.25) is 0 Å². The van der Waals surface area contributed by atoms with Gasteiger partial charge in [0, 0.05) is 11.2 Å². The lowest BCUT2D eigenvalue weighted by atomic mass is 9.93. The third-order valence-electron chi connectivity index (χ3n) is 3.19. The predicted molar refractivity (Wildman–Crippen MR) is 57.2 cm³/mol. The Morgan fingerprint density at radius 3 is 2.85 bits per heavy atom. The molecule has 1 aliphatic heterocycles. The zero-order valence-electron chi connectivity index (χ0n) is 8.65. The molecule has 1 heteroatoms. The largest absolute Gasteiger partial charge is 0.379 e. The zero-order valence-corrected chi connectivity index (χ0v) is 8.65. The number of aryl methyl sites for hydroxylation is 1. The van der Waals surface area contributed by atoms with Gasteiger partial charge in [-0.15, -0.1) is 0 Å². The molecule has 1 aromatic rings. The van der Waals surface area contributed by atoms with Crippen LogP contribution >= 0.6 is 0 Å². The third-order valence-corrected chi connectivity index (χ3v) is 3.19. The molecule has 1 nitrogen and oxygen atoms in total. The monoisotopic (exact) mass is 175 g/mol. The first-order chi connectivity index (χ1) is 6.14. The molecule has 0 aliphatic carbocycles. The number of benzene rings is 1. The molecule has 1 heterocycles. The van der Waals surface area contributed by atoms with Crippen molar-refractivity contribution in [2.24, 2.45) is 0 Å². The van der Waals surface area contributed by atoms with Crippen molar-refractivity contribution in [1.29, 1.82) is 0 Å². The van der Waals surface area contributed by atoms with E-state index in [2.05, 4.69) is 44.3 Å². The quantitative estimate of drug-likeness (QED) is 0.691. The molecule has 13 heavy (non-hydrogen) atoms. The average molecular weight is 175 g/mol. The Balaban J connectivity index is 2.40. The van der Waals surface area contributed by atoms with Gasteiger partial charge < -0.3 is 5.32 Å². The minimum Gasteiger partial charge on any atom is -0.379 e. The van der Waals surface area contributed by atoms with Crippen molar-refractivity contribution in [3.8, 4) is 0 Å². The number of rotatable bonds is 1. The van der Waals surface area contributed by atoms with Crippen LogP contribution in [0.25, 0.3) is 0 Å². The highest BCUT2D eigenvalue weighted by molar-refractivity contribution is 5.61. The Kier molecular flexibility index (Phi) is 1.83. The van der Waals surface area contributed by atoms with Crippen LogP contribution in [0.15, 0.2) is 18.2 Å². The number of hydrogen-bond acceptors (Lipinski definition) is 1. The second-order valence-electron chi connectivity index (χ2n) is 4.32. The van der Waals surface area contributed by atoms with Gasteiger partial charge in [0.05, 0.1) is 0 Å². The Bertz CT molecular complexity index is 330. The van der Waals surface area contributed by atoms with Crippen LogP contribution in [-0.4, -0.2) is 5.54 Å². The lowest BCUT2D eigenvalue weighted by Gasteiger charge is -2.22. The van der Waals surface area contributed by atoms with Crippen molar-refractivity contribution in [2.75, 3.05) is 5.32 Å². The van der Waals surface area contributed by atoms with Crippen molar-refractivity contribution in [1.82, 2.24) is 0 Å². The maximum absolute atomic E-state index is 3.60. The molecule has 1 unspecified atom stereocenters. The first-order valence-electron chi connectivity index (χ1n) is 5.01. The summed E-state index contributed by atoms with van der Waals surface area (Å²) in [4.78, 5) is 0. The van der Waals surface area contributed by atoms with E-state index in [-0.39, 0.29) is 5.54 Å². The van der Waals surface area contributed by atoms with Crippen LogP contribution in [0.5, 0.6) is 0 Å². The first-order valence-corrected chi connectivity index (χ1v) is 5.01. The first kappa shape index (κ1) is 8.61. The molecule has 0 bridgehead atoms. The highest BCUT2D eigenvalue weighted by atomic mass is 15.0. The Labute approximate surface area is 80.2 Å². The average Bonchev–Trinajstić information content (AvgIpc) is 2.45. The molecule has 1 N–H and O–H groups in total. The van der Waals surface area contributed by atoms with Gasteiger partial charge in [0.1, 0.15) is 0 Å². The van der Waals surface area contributed by atoms with E-state index >= 15 is 0 Å². The molecule has 2 rings (SSSR count). The second kappa shape index (κ2) is 2.76. The number of anilines is 1. The summed E-state index contributed by atoms with van der Waals surface area (Å²) in [6, 6.07) is 6.51. The van der Waals surface area contributed by atoms with Gasteiger partial charge in [0.25, 0.3) is 0 Å². The molecule has 0 saturated carbocycles. The summed E-state index contributed by atoms with van der Waals surface area (Å²) >= 11 is 0. The smallest absolute Gasteiger partial charge is 0.0384 e. The van der Waals surface area contributed by atoms with E-state index in [0.29, 0.717) is 0 Å². The fraction of sp³-hybridized carbons (Fsp3) is 0.500. The minimum atomic E-state index is 0.286. The van der Waals surface area contributed by atoms with Crippen molar-refractivity contribution in [3.05, 3.63) is 29.3 Å². The molecule has 0 fully saturated rings. The van der Waals surface area contributed by atoms with Gasteiger partial charge in [-0.3, -0.25) is 0 Å². The maximum atomic E-state index is 3.60. The van der Waals surface area contributed by atoms with Gasteiger partial charge in [-0.05, 0) is 43.9 Å². The van der Waals surface area contributed by atoms with E-state index in [0.717, 1.165) is 0 Å². The minimum absolute atomic E-state index is 0.286. The lowest BCUT2D eigenvalue weighted by molar-refractivity contribution is 0.514. The summed E-state index contributed by atoms with van der Waals surface area (Å²) in [7, 11) is 0. The Morgan fingerprint density at radius 2 is 2.23 bits per heavy atom. The number of nitrogens with one attached hydrogen (secondary N) is 1. The molecule has 1 aliphatic rings. The van der Waals surface area contributed by atoms with Crippen LogP contribution in [0.1, 0.15) is 31.4 Å². The topological polar surface area (TPSA) is 12.0 Å². The molecule has 0 saturated heterocycles. The normalized spacial score (nSPS) is 25.5. The van der Waals surface area contributed by atoms with E-state index in [9.17, 15) is 0 Å². The summed E-state index contributed by atoms with van der Waals surface area (Å²) in [5.41, 5.74) is 4.55. The molecule has 0 amide bonds. The molecular formula is C12H17N. The third kappa shape index (κ3) is 1.32. The van der Waals surface area contributed by atoms with E-state index in [1.54, 1.807) is 0 Å². The van der Waals surface area contributed by atoms with Crippen LogP contribution in [0.4, 0.5) is 5.69 Å². The van der Waals surface area contributed by atoms with Gasteiger partial charge in [0.2, 0.25) is 0 Å². The molecule has 1 aromatic carbocycles. The summed E-state index contributed by atoms with van der Waals surface area (Å²) in [6.45, 7) is 6.74. The van der Waals surface area contributed by atoms with Crippen LogP contribution in [0.3, 0.4) is 0 Å². The van der Waals surface area contributed by atoms with Gasteiger partial charge >= 0.3 is 0 Å². The standard InChI is InChI=1S/C12H17N/c1-4-12(3)8-10-9(2)6-5-7-11(10)13-12/h5-7,13H,4,8H2,1-3H3. The number of hydrogen-bond donors (Lipinski definition) is 1. The van der Waals surface area contributed by atoms with Crippen molar-refractivity contribution >= 4 is 5.69 Å². The van der Waals surface area contributed by atoms with Crippen LogP contribution < -0.4 is 5.32 Å². The molecule has 0 spiro atoms. The van der Waals surface area contributed by atoms with Crippen LogP contribution in [0, 0.1) is 6.92 Å². The Morgan fingerprint density at radius 1 is 1.46 bits per heavy atom. The van der Waals surface area contributed by atoms with Crippen molar-refractivity contribution < 1.29 is 0 Å². The lowest BCUT2D eigenvalue weighted by Crippen LogP contribution is -2.30. The SMILES string of the molecule is CCC1(C)Cc2c(C)cccc2N1. The summed E-state index contributed by atoms with van der Waals surface area (Å²) in [6.07, 6.45) is 2.35. The zero-order chi connectivity index (χ0) is 9.47. The molecule has 0 radical (unpaired) electrons. The summed E-state index contributed by atoms with van der Waals surface area (Å²) < 4.78 is 0. The van der Waals surface area contributed by atoms with E-state index in [4.69, 9.17) is 0 Å². The van der Waals surface area contributed by atoms with Crippen LogP contribution in [-0.2, 0) is 6.42 Å². The summed E-state index contributed by atoms with van der Waals surface area (Å²) in [5, 5.41) is 3.60. The fourth-order valence-corrected chi connectivity index (χ4v) is 2.03. The molecular weight excluding hydrogens is 158 g/mol. The van der Waals surface area contributed by atoms with Gasteiger partial charge in [-0.1, -0.05) is 19.1 Å². The summed E-state index contributed by atoms with van der Waals surface area (Å²) in [5.74, 6) is 0. The van der Waals surface area contributed by atoms with E-state index in [1.807, 2.05) is 0 Å². The van der Waals surface area contributed by atoms with Gasteiger partial charge in [-0.25, -0.2) is 0 Å². The highest BCUT2D eigenvalue weighted by Gasteiger charge is 2.30. The second-order valence-corrected chi connectivity index (χ2v) is 4.32. The van der Waals surface area contributed by atoms with Gasteiger partial charge in [-0.2, -0.15) is 0 Å². The maximum Gasteiger partial charge on any atom is 0.0384 e. The van der Waals surface area contributed by atoms with Crippen molar-refractivity contribution in [3.63, 3.8) is 0 Å². The highest BCUT2D eigenvalue weighted by Crippen LogP contribution is 2.35. The predicted octanol–water partition coefficient (Wildman–Crippen LogP) is 3.13. The molecule has 70 valence electrons. The van der Waals surface area contributed by atoms with Crippen molar-refractivity contribution in [2.45, 2.75) is 39.2 Å². The molecule has 0 aromatic heterocycles. The van der Waals surface area contributed by atoms with Gasteiger partial charge in [0.15, 0.2) is 0 Å². The number of fused-ring (bicyclic) bond motifs is 1. The molecule has 1 atom stereocenters.